The Morgan fingerprint density at radius 3 is 1.81 bits per heavy atom. The van der Waals surface area contributed by atoms with Gasteiger partial charge in [-0.1, -0.05) is 91.2 Å². The number of aryl methyl sites for hydroxylation is 2. The maximum Gasteiger partial charge on any atom is 0.319 e. The van der Waals surface area contributed by atoms with Gasteiger partial charge >= 0.3 is 5.97 Å². The van der Waals surface area contributed by atoms with Crippen LogP contribution in [0.5, 0.6) is 11.8 Å². The number of carbonyl (C=O) groups excluding carboxylic acids is 1. The molecular formula is C30H38N2O4S. The van der Waals surface area contributed by atoms with Gasteiger partial charge in [0.15, 0.2) is 5.16 Å². The number of benzene rings is 2. The zero-order valence-electron chi connectivity index (χ0n) is 22.4. The number of aromatic nitrogens is 2. The van der Waals surface area contributed by atoms with Gasteiger partial charge in [0.25, 0.3) is 0 Å². The molecule has 0 N–H and O–H groups in total. The van der Waals surface area contributed by atoms with Crippen molar-refractivity contribution in [1.82, 2.24) is 9.97 Å². The largest absolute Gasteiger partial charge is 0.477 e. The van der Waals surface area contributed by atoms with Gasteiger partial charge in [0.1, 0.15) is 5.25 Å². The first-order valence-electron chi connectivity index (χ1n) is 13.1. The lowest BCUT2D eigenvalue weighted by Crippen LogP contribution is -2.21. The van der Waals surface area contributed by atoms with E-state index in [0.717, 1.165) is 25.7 Å². The second-order valence-corrected chi connectivity index (χ2v) is 10.2. The lowest BCUT2D eigenvalue weighted by atomic mass is 10.1. The molecule has 3 aromatic rings. The molecule has 1 atom stereocenters. The van der Waals surface area contributed by atoms with Crippen LogP contribution in [0.4, 0.5) is 0 Å². The van der Waals surface area contributed by atoms with Crippen molar-refractivity contribution in [3.8, 4) is 11.8 Å². The molecule has 0 bridgehead atoms. The van der Waals surface area contributed by atoms with Gasteiger partial charge in [0, 0.05) is 12.8 Å². The summed E-state index contributed by atoms with van der Waals surface area (Å²) < 4.78 is 17.3. The third-order valence-corrected chi connectivity index (χ3v) is 6.90. The van der Waals surface area contributed by atoms with Crippen LogP contribution in [0.2, 0.25) is 0 Å². The molecule has 7 heteroatoms. The molecule has 198 valence electrons. The highest BCUT2D eigenvalue weighted by molar-refractivity contribution is 8.00. The summed E-state index contributed by atoms with van der Waals surface area (Å²) in [4.78, 5) is 21.7. The predicted octanol–water partition coefficient (Wildman–Crippen LogP) is 6.55. The Bertz CT molecular complexity index is 1030. The topological polar surface area (TPSA) is 70.5 Å². The van der Waals surface area contributed by atoms with Crippen LogP contribution >= 0.6 is 11.8 Å². The van der Waals surface area contributed by atoms with Crippen LogP contribution in [0.3, 0.4) is 0 Å². The lowest BCUT2D eigenvalue weighted by molar-refractivity contribution is -0.142. The van der Waals surface area contributed by atoms with Gasteiger partial charge < -0.3 is 14.2 Å². The van der Waals surface area contributed by atoms with Crippen molar-refractivity contribution in [2.45, 2.75) is 70.2 Å². The number of esters is 1. The Labute approximate surface area is 225 Å². The van der Waals surface area contributed by atoms with Crippen molar-refractivity contribution in [3.63, 3.8) is 0 Å². The summed E-state index contributed by atoms with van der Waals surface area (Å²) in [5.74, 6) is 0.637. The molecule has 0 aliphatic heterocycles. The SMILES string of the molecule is CCCCC(Sc1nc(OCCc2ccc(C)cc2)cc(OCCc2ccc(C)cc2)n1)C(=O)OCC. The molecule has 0 aliphatic rings. The van der Waals surface area contributed by atoms with Gasteiger partial charge in [-0.3, -0.25) is 4.79 Å². The minimum atomic E-state index is -0.372. The van der Waals surface area contributed by atoms with Crippen LogP contribution in [-0.2, 0) is 22.4 Å². The second kappa shape index (κ2) is 15.3. The average Bonchev–Trinajstić information content (AvgIpc) is 2.89. The van der Waals surface area contributed by atoms with E-state index in [1.54, 1.807) is 6.07 Å². The fraction of sp³-hybridized carbons (Fsp3) is 0.433. The van der Waals surface area contributed by atoms with E-state index in [0.29, 0.717) is 43.2 Å². The van der Waals surface area contributed by atoms with Crippen molar-refractivity contribution in [3.05, 3.63) is 76.9 Å². The number of nitrogens with zero attached hydrogens (tertiary/aromatic N) is 2. The predicted molar refractivity (Wildman–Crippen MR) is 149 cm³/mol. The molecule has 0 radical (unpaired) electrons. The van der Waals surface area contributed by atoms with Gasteiger partial charge in [-0.25, -0.2) is 0 Å². The van der Waals surface area contributed by atoms with E-state index in [4.69, 9.17) is 14.2 Å². The van der Waals surface area contributed by atoms with E-state index >= 15 is 0 Å². The molecule has 0 saturated heterocycles. The minimum Gasteiger partial charge on any atom is -0.477 e. The van der Waals surface area contributed by atoms with Gasteiger partial charge in [-0.05, 0) is 38.3 Å². The van der Waals surface area contributed by atoms with Crippen molar-refractivity contribution in [2.24, 2.45) is 0 Å². The molecule has 0 fully saturated rings. The molecule has 2 aromatic carbocycles. The first-order chi connectivity index (χ1) is 18.0. The molecule has 1 aromatic heterocycles. The normalized spacial score (nSPS) is 11.7. The second-order valence-electron chi connectivity index (χ2n) is 9.00. The van der Waals surface area contributed by atoms with Crippen molar-refractivity contribution in [2.75, 3.05) is 19.8 Å². The molecule has 0 amide bonds. The molecule has 1 heterocycles. The quantitative estimate of drug-likeness (QED) is 0.127. The Morgan fingerprint density at radius 2 is 1.35 bits per heavy atom. The molecule has 3 rings (SSSR count). The number of hydrogen-bond acceptors (Lipinski definition) is 7. The number of rotatable bonds is 15. The van der Waals surface area contributed by atoms with Crippen LogP contribution < -0.4 is 9.47 Å². The highest BCUT2D eigenvalue weighted by atomic mass is 32.2. The van der Waals surface area contributed by atoms with Gasteiger partial charge in [0.05, 0.1) is 25.9 Å². The van der Waals surface area contributed by atoms with Gasteiger partial charge in [-0.15, -0.1) is 0 Å². The van der Waals surface area contributed by atoms with Crippen LogP contribution in [0.1, 0.15) is 55.4 Å². The van der Waals surface area contributed by atoms with Crippen molar-refractivity contribution in [1.29, 1.82) is 0 Å². The fourth-order valence-electron chi connectivity index (χ4n) is 3.62. The number of hydrogen-bond donors (Lipinski definition) is 0. The smallest absolute Gasteiger partial charge is 0.319 e. The summed E-state index contributed by atoms with van der Waals surface area (Å²) in [6, 6.07) is 18.5. The van der Waals surface area contributed by atoms with Crippen LogP contribution in [0.25, 0.3) is 0 Å². The fourth-order valence-corrected chi connectivity index (χ4v) is 4.61. The van der Waals surface area contributed by atoms with Crippen LogP contribution in [-0.4, -0.2) is 41.0 Å². The summed E-state index contributed by atoms with van der Waals surface area (Å²) in [6.07, 6.45) is 4.14. The molecular weight excluding hydrogens is 484 g/mol. The van der Waals surface area contributed by atoms with Gasteiger partial charge in [-0.2, -0.15) is 9.97 Å². The highest BCUT2D eigenvalue weighted by Crippen LogP contribution is 2.29. The van der Waals surface area contributed by atoms with E-state index < -0.39 is 0 Å². The minimum absolute atomic E-state index is 0.239. The number of ether oxygens (including phenoxy) is 3. The van der Waals surface area contributed by atoms with Crippen molar-refractivity contribution < 1.29 is 19.0 Å². The molecule has 0 aliphatic carbocycles. The average molecular weight is 523 g/mol. The molecule has 0 saturated carbocycles. The molecule has 1 unspecified atom stereocenters. The highest BCUT2D eigenvalue weighted by Gasteiger charge is 2.23. The summed E-state index contributed by atoms with van der Waals surface area (Å²) in [7, 11) is 0. The maximum absolute atomic E-state index is 12.6. The third kappa shape index (κ3) is 10.1. The van der Waals surface area contributed by atoms with E-state index in [9.17, 15) is 4.79 Å². The zero-order chi connectivity index (χ0) is 26.5. The first kappa shape index (κ1) is 28.5. The van der Waals surface area contributed by atoms with Crippen LogP contribution in [0, 0.1) is 13.8 Å². The Kier molecular flexibility index (Phi) is 11.8. The number of thioether (sulfide) groups is 1. The number of unbranched alkanes of at least 4 members (excludes halogenated alkanes) is 1. The summed E-state index contributed by atoms with van der Waals surface area (Å²) in [5.41, 5.74) is 4.86. The monoisotopic (exact) mass is 522 g/mol. The molecule has 37 heavy (non-hydrogen) atoms. The van der Waals surface area contributed by atoms with Crippen molar-refractivity contribution >= 4 is 17.7 Å². The molecule has 0 spiro atoms. The van der Waals surface area contributed by atoms with E-state index in [1.807, 2.05) is 6.92 Å². The third-order valence-electron chi connectivity index (χ3n) is 5.80. The summed E-state index contributed by atoms with van der Waals surface area (Å²) >= 11 is 1.31. The van der Waals surface area contributed by atoms with E-state index in [1.165, 1.54) is 34.0 Å². The van der Waals surface area contributed by atoms with Crippen LogP contribution in [0.15, 0.2) is 59.8 Å². The molecule has 6 nitrogen and oxygen atoms in total. The maximum atomic E-state index is 12.6. The Balaban J connectivity index is 1.71. The zero-order valence-corrected chi connectivity index (χ0v) is 23.2. The van der Waals surface area contributed by atoms with Gasteiger partial charge in [0.2, 0.25) is 11.8 Å². The lowest BCUT2D eigenvalue weighted by Gasteiger charge is -2.15. The number of carbonyl (C=O) groups is 1. The standard InChI is InChI=1S/C30H38N2O4S/c1-5-7-8-26(29(33)34-6-2)37-30-31-27(35-19-17-24-13-9-22(3)10-14-24)21-28(32-30)36-20-18-25-15-11-23(4)12-16-25/h9-16,21,26H,5-8,17-20H2,1-4H3. The van der Waals surface area contributed by atoms with E-state index in [2.05, 4.69) is 79.3 Å². The van der Waals surface area contributed by atoms with E-state index in [-0.39, 0.29) is 11.2 Å². The first-order valence-corrected chi connectivity index (χ1v) is 13.9. The Hall–Kier alpha value is -3.06. The summed E-state index contributed by atoms with van der Waals surface area (Å²) in [5, 5.41) is 0.0791. The Morgan fingerprint density at radius 1 is 0.838 bits per heavy atom. The summed E-state index contributed by atoms with van der Waals surface area (Å²) in [6.45, 7) is 9.37.